The van der Waals surface area contributed by atoms with Gasteiger partial charge in [0, 0.05) is 24.3 Å². The standard InChI is InChI=1S/C14H20N2/c1-11-4-5-13-12(9-11)3-2-8-16(13)10-14(15)6-7-14/h4-5,9H,2-3,6-8,10,15H2,1H3. The summed E-state index contributed by atoms with van der Waals surface area (Å²) in [5.74, 6) is 0. The van der Waals surface area contributed by atoms with Gasteiger partial charge in [0.05, 0.1) is 0 Å². The predicted octanol–water partition coefficient (Wildman–Crippen LogP) is 2.24. The molecule has 0 atom stereocenters. The Bertz CT molecular complexity index is 407. The van der Waals surface area contributed by atoms with Crippen LogP contribution in [0.4, 0.5) is 5.69 Å². The van der Waals surface area contributed by atoms with E-state index in [0.29, 0.717) is 0 Å². The second-order valence-corrected chi connectivity index (χ2v) is 5.52. The van der Waals surface area contributed by atoms with Crippen LogP contribution in [0.3, 0.4) is 0 Å². The van der Waals surface area contributed by atoms with Crippen LogP contribution in [-0.4, -0.2) is 18.6 Å². The Morgan fingerprint density at radius 3 is 2.94 bits per heavy atom. The normalized spacial score (nSPS) is 21.8. The molecule has 0 amide bonds. The van der Waals surface area contributed by atoms with Crippen LogP contribution in [0.25, 0.3) is 0 Å². The molecule has 0 bridgehead atoms. The molecule has 16 heavy (non-hydrogen) atoms. The summed E-state index contributed by atoms with van der Waals surface area (Å²) >= 11 is 0. The Morgan fingerprint density at radius 2 is 2.19 bits per heavy atom. The van der Waals surface area contributed by atoms with Crippen LogP contribution in [0.1, 0.15) is 30.4 Å². The summed E-state index contributed by atoms with van der Waals surface area (Å²) in [7, 11) is 0. The third kappa shape index (κ3) is 1.82. The van der Waals surface area contributed by atoms with Gasteiger partial charge in [-0.3, -0.25) is 0 Å². The van der Waals surface area contributed by atoms with Crippen molar-refractivity contribution in [1.29, 1.82) is 0 Å². The van der Waals surface area contributed by atoms with Gasteiger partial charge in [-0.1, -0.05) is 17.7 Å². The van der Waals surface area contributed by atoms with E-state index in [-0.39, 0.29) is 5.54 Å². The lowest BCUT2D eigenvalue weighted by Crippen LogP contribution is -2.41. The molecule has 86 valence electrons. The number of aryl methyl sites for hydroxylation is 2. The Hall–Kier alpha value is -1.02. The van der Waals surface area contributed by atoms with E-state index in [1.54, 1.807) is 0 Å². The molecule has 0 spiro atoms. The van der Waals surface area contributed by atoms with Crippen LogP contribution in [0.15, 0.2) is 18.2 Å². The summed E-state index contributed by atoms with van der Waals surface area (Å²) in [5, 5.41) is 0. The van der Waals surface area contributed by atoms with Crippen molar-refractivity contribution >= 4 is 5.69 Å². The largest absolute Gasteiger partial charge is 0.369 e. The fourth-order valence-electron chi connectivity index (χ4n) is 2.67. The first-order valence-electron chi connectivity index (χ1n) is 6.30. The minimum absolute atomic E-state index is 0.125. The van der Waals surface area contributed by atoms with Crippen LogP contribution in [0, 0.1) is 6.92 Å². The van der Waals surface area contributed by atoms with Crippen molar-refractivity contribution in [3.8, 4) is 0 Å². The van der Waals surface area contributed by atoms with Crippen molar-refractivity contribution in [3.63, 3.8) is 0 Å². The molecule has 0 unspecified atom stereocenters. The van der Waals surface area contributed by atoms with Crippen molar-refractivity contribution in [2.24, 2.45) is 5.73 Å². The van der Waals surface area contributed by atoms with E-state index >= 15 is 0 Å². The van der Waals surface area contributed by atoms with E-state index in [2.05, 4.69) is 30.0 Å². The molecule has 2 nitrogen and oxygen atoms in total. The molecule has 1 aliphatic carbocycles. The molecule has 0 saturated heterocycles. The molecular formula is C14H20N2. The monoisotopic (exact) mass is 216 g/mol. The summed E-state index contributed by atoms with van der Waals surface area (Å²) in [4.78, 5) is 2.49. The second kappa shape index (κ2) is 3.49. The van der Waals surface area contributed by atoms with Crippen molar-refractivity contribution < 1.29 is 0 Å². The smallest absolute Gasteiger partial charge is 0.0399 e. The Labute approximate surface area is 97.4 Å². The van der Waals surface area contributed by atoms with Crippen molar-refractivity contribution in [1.82, 2.24) is 0 Å². The van der Waals surface area contributed by atoms with Crippen molar-refractivity contribution in [2.45, 2.75) is 38.1 Å². The van der Waals surface area contributed by atoms with E-state index in [9.17, 15) is 0 Å². The minimum atomic E-state index is 0.125. The van der Waals surface area contributed by atoms with E-state index in [4.69, 9.17) is 5.73 Å². The number of nitrogens with zero attached hydrogens (tertiary/aromatic N) is 1. The molecule has 1 fully saturated rings. The molecule has 2 aliphatic rings. The van der Waals surface area contributed by atoms with Crippen molar-refractivity contribution in [3.05, 3.63) is 29.3 Å². The third-order valence-corrected chi connectivity index (χ3v) is 3.85. The zero-order chi connectivity index (χ0) is 11.2. The third-order valence-electron chi connectivity index (χ3n) is 3.85. The number of benzene rings is 1. The predicted molar refractivity (Wildman–Crippen MR) is 67.9 cm³/mol. The van der Waals surface area contributed by atoms with Gasteiger partial charge in [-0.05, 0) is 44.2 Å². The maximum Gasteiger partial charge on any atom is 0.0399 e. The van der Waals surface area contributed by atoms with Gasteiger partial charge < -0.3 is 10.6 Å². The van der Waals surface area contributed by atoms with Crippen molar-refractivity contribution in [2.75, 3.05) is 18.0 Å². The molecule has 1 aromatic carbocycles. The molecular weight excluding hydrogens is 196 g/mol. The molecule has 3 rings (SSSR count). The average molecular weight is 216 g/mol. The van der Waals surface area contributed by atoms with Crippen LogP contribution >= 0.6 is 0 Å². The van der Waals surface area contributed by atoms with Crippen LogP contribution < -0.4 is 10.6 Å². The van der Waals surface area contributed by atoms with Gasteiger partial charge in [0.2, 0.25) is 0 Å². The van der Waals surface area contributed by atoms with Gasteiger partial charge >= 0.3 is 0 Å². The first-order valence-corrected chi connectivity index (χ1v) is 6.30. The number of hydrogen-bond donors (Lipinski definition) is 1. The zero-order valence-corrected chi connectivity index (χ0v) is 10.00. The SMILES string of the molecule is Cc1ccc2c(c1)CCCN2CC1(N)CC1. The molecule has 2 heteroatoms. The van der Waals surface area contributed by atoms with Crippen LogP contribution in [-0.2, 0) is 6.42 Å². The zero-order valence-electron chi connectivity index (χ0n) is 10.00. The molecule has 0 radical (unpaired) electrons. The highest BCUT2D eigenvalue weighted by Crippen LogP contribution is 2.36. The fraction of sp³-hybridized carbons (Fsp3) is 0.571. The quantitative estimate of drug-likeness (QED) is 0.821. The molecule has 1 saturated carbocycles. The number of nitrogens with two attached hydrogens (primary N) is 1. The Morgan fingerprint density at radius 1 is 1.38 bits per heavy atom. The van der Waals surface area contributed by atoms with E-state index in [0.717, 1.165) is 6.54 Å². The Kier molecular flexibility index (Phi) is 2.21. The lowest BCUT2D eigenvalue weighted by Gasteiger charge is -2.33. The summed E-state index contributed by atoms with van der Waals surface area (Å²) < 4.78 is 0. The van der Waals surface area contributed by atoms with Gasteiger partial charge in [0.1, 0.15) is 0 Å². The lowest BCUT2D eigenvalue weighted by atomic mass is 9.99. The molecule has 1 aliphatic heterocycles. The number of fused-ring (bicyclic) bond motifs is 1. The van der Waals surface area contributed by atoms with Gasteiger partial charge in [-0.15, -0.1) is 0 Å². The molecule has 1 heterocycles. The maximum absolute atomic E-state index is 6.22. The highest BCUT2D eigenvalue weighted by atomic mass is 15.2. The Balaban J connectivity index is 1.87. The number of rotatable bonds is 2. The number of hydrogen-bond acceptors (Lipinski definition) is 2. The molecule has 1 aromatic rings. The topological polar surface area (TPSA) is 29.3 Å². The first kappa shape index (κ1) is 10.2. The average Bonchev–Trinajstić information content (AvgIpc) is 2.96. The van der Waals surface area contributed by atoms with E-state index in [1.807, 2.05) is 0 Å². The first-order chi connectivity index (χ1) is 7.66. The van der Waals surface area contributed by atoms with Gasteiger partial charge in [-0.25, -0.2) is 0 Å². The summed E-state index contributed by atoms with van der Waals surface area (Å²) in [6.07, 6.45) is 4.90. The van der Waals surface area contributed by atoms with E-state index in [1.165, 1.54) is 49.0 Å². The fourth-order valence-corrected chi connectivity index (χ4v) is 2.67. The van der Waals surface area contributed by atoms with E-state index < -0.39 is 0 Å². The van der Waals surface area contributed by atoms with Gasteiger partial charge in [0.15, 0.2) is 0 Å². The minimum Gasteiger partial charge on any atom is -0.369 e. The van der Waals surface area contributed by atoms with Crippen LogP contribution in [0.5, 0.6) is 0 Å². The second-order valence-electron chi connectivity index (χ2n) is 5.52. The summed E-state index contributed by atoms with van der Waals surface area (Å²) in [6, 6.07) is 6.82. The highest BCUT2D eigenvalue weighted by Gasteiger charge is 2.40. The highest BCUT2D eigenvalue weighted by molar-refractivity contribution is 5.57. The van der Waals surface area contributed by atoms with Gasteiger partial charge in [0.25, 0.3) is 0 Å². The molecule has 0 aromatic heterocycles. The molecule has 2 N–H and O–H groups in total. The summed E-state index contributed by atoms with van der Waals surface area (Å²) in [5.41, 5.74) is 10.7. The van der Waals surface area contributed by atoms with Gasteiger partial charge in [-0.2, -0.15) is 0 Å². The lowest BCUT2D eigenvalue weighted by molar-refractivity contribution is 0.600. The number of anilines is 1. The maximum atomic E-state index is 6.22. The summed E-state index contributed by atoms with van der Waals surface area (Å²) in [6.45, 7) is 4.39. The van der Waals surface area contributed by atoms with Crippen LogP contribution in [0.2, 0.25) is 0 Å².